The second-order valence-corrected chi connectivity index (χ2v) is 5.64. The summed E-state index contributed by atoms with van der Waals surface area (Å²) in [5.74, 6) is 5.43. The van der Waals surface area contributed by atoms with Crippen molar-refractivity contribution in [3.63, 3.8) is 0 Å². The minimum absolute atomic E-state index is 0.180. The molecule has 4 N–H and O–H groups in total. The number of aromatic amines is 1. The van der Waals surface area contributed by atoms with Crippen LogP contribution in [0.15, 0.2) is 24.4 Å². The highest BCUT2D eigenvalue weighted by molar-refractivity contribution is 6.35. The number of halogens is 1. The first-order chi connectivity index (χ1) is 12.6. The van der Waals surface area contributed by atoms with Gasteiger partial charge in [-0.05, 0) is 31.3 Å². The first kappa shape index (κ1) is 17.7. The molecule has 1 aromatic carbocycles. The molecule has 0 aliphatic carbocycles. The number of aliphatic hydroxyl groups is 1. The van der Waals surface area contributed by atoms with Crippen molar-refractivity contribution in [1.29, 1.82) is 0 Å². The van der Waals surface area contributed by atoms with Gasteiger partial charge in [-0.15, -0.1) is 0 Å². The number of anilines is 1. The molecule has 6 nitrogen and oxygen atoms in total. The second-order valence-electron chi connectivity index (χ2n) is 5.64. The third kappa shape index (κ3) is 3.33. The molecule has 134 valence electrons. The molecule has 0 spiro atoms. The number of nitrogens with one attached hydrogen (secondary N) is 3. The molecule has 2 heterocycles. The van der Waals surface area contributed by atoms with Crippen LogP contribution >= 0.6 is 0 Å². The number of carbonyl (C=O) groups excluding carboxylic acids is 1. The first-order valence-corrected chi connectivity index (χ1v) is 7.95. The van der Waals surface area contributed by atoms with Crippen LogP contribution in [0.5, 0.6) is 5.75 Å². The van der Waals surface area contributed by atoms with Gasteiger partial charge in [-0.25, -0.2) is 4.39 Å². The number of likely N-dealkylation sites (N-methyl/N-ethyl adjacent to an activating group) is 1. The van der Waals surface area contributed by atoms with Gasteiger partial charge >= 0.3 is 0 Å². The van der Waals surface area contributed by atoms with Crippen molar-refractivity contribution in [3.05, 3.63) is 47.0 Å². The van der Waals surface area contributed by atoms with Gasteiger partial charge in [0.15, 0.2) is 0 Å². The van der Waals surface area contributed by atoms with Crippen molar-refractivity contribution >= 4 is 23.2 Å². The molecule has 0 saturated carbocycles. The summed E-state index contributed by atoms with van der Waals surface area (Å²) >= 11 is 0. The van der Waals surface area contributed by atoms with Crippen LogP contribution in [0.3, 0.4) is 0 Å². The maximum absolute atomic E-state index is 13.9. The van der Waals surface area contributed by atoms with E-state index >= 15 is 0 Å². The van der Waals surface area contributed by atoms with Crippen molar-refractivity contribution in [1.82, 2.24) is 10.3 Å². The number of amides is 1. The minimum Gasteiger partial charge on any atom is -0.495 e. The molecule has 1 atom stereocenters. The molecule has 1 aliphatic rings. The highest BCUT2D eigenvalue weighted by Crippen LogP contribution is 2.37. The Bertz CT molecular complexity index is 933. The smallest absolute Gasteiger partial charge is 0.256 e. The van der Waals surface area contributed by atoms with Crippen LogP contribution in [-0.4, -0.2) is 42.8 Å². The predicted octanol–water partition coefficient (Wildman–Crippen LogP) is 1.59. The Morgan fingerprint density at radius 1 is 1.46 bits per heavy atom. The zero-order valence-corrected chi connectivity index (χ0v) is 14.3. The van der Waals surface area contributed by atoms with E-state index in [0.29, 0.717) is 33.8 Å². The molecule has 1 amide bonds. The molecule has 3 rings (SSSR count). The van der Waals surface area contributed by atoms with E-state index in [1.165, 1.54) is 19.2 Å². The molecule has 2 aromatic rings. The lowest BCUT2D eigenvalue weighted by Gasteiger charge is -2.06. The number of rotatable bonds is 4. The molecule has 1 aromatic heterocycles. The zero-order chi connectivity index (χ0) is 18.7. The van der Waals surface area contributed by atoms with E-state index in [0.717, 1.165) is 0 Å². The fourth-order valence-corrected chi connectivity index (χ4v) is 2.71. The van der Waals surface area contributed by atoms with Crippen LogP contribution in [0, 0.1) is 17.7 Å². The van der Waals surface area contributed by atoms with E-state index < -0.39 is 11.9 Å². The van der Waals surface area contributed by atoms with Gasteiger partial charge in [-0.1, -0.05) is 11.8 Å². The molecule has 0 saturated heterocycles. The van der Waals surface area contributed by atoms with Crippen molar-refractivity contribution in [2.75, 3.05) is 26.1 Å². The summed E-state index contributed by atoms with van der Waals surface area (Å²) < 4.78 is 19.2. The SMILES string of the molecule is CNC(C#Cc1cc(F)cc2c1/C(=C/c1[nH]ccc1OC)C(=O)N2)CO. The minimum atomic E-state index is -0.503. The average molecular weight is 355 g/mol. The lowest BCUT2D eigenvalue weighted by atomic mass is 9.99. The first-order valence-electron chi connectivity index (χ1n) is 7.95. The number of carbonyl (C=O) groups is 1. The molecule has 0 fully saturated rings. The highest BCUT2D eigenvalue weighted by Gasteiger charge is 2.28. The van der Waals surface area contributed by atoms with Crippen molar-refractivity contribution in [3.8, 4) is 17.6 Å². The molecular formula is C19H18FN3O3. The average Bonchev–Trinajstić information content (AvgIpc) is 3.20. The summed E-state index contributed by atoms with van der Waals surface area (Å²) in [5, 5.41) is 14.7. The third-order valence-corrected chi connectivity index (χ3v) is 4.02. The normalized spacial score (nSPS) is 15.2. The third-order valence-electron chi connectivity index (χ3n) is 4.02. The molecule has 1 aliphatic heterocycles. The predicted molar refractivity (Wildman–Crippen MR) is 97.1 cm³/mol. The number of hydrogen-bond donors (Lipinski definition) is 4. The van der Waals surface area contributed by atoms with Crippen LogP contribution in [0.2, 0.25) is 0 Å². The van der Waals surface area contributed by atoms with E-state index in [1.807, 2.05) is 0 Å². The van der Waals surface area contributed by atoms with Gasteiger partial charge in [0, 0.05) is 17.3 Å². The van der Waals surface area contributed by atoms with Crippen molar-refractivity contribution in [2.24, 2.45) is 0 Å². The maximum atomic E-state index is 13.9. The number of aliphatic hydroxyl groups excluding tert-OH is 1. The fraction of sp³-hybridized carbons (Fsp3) is 0.211. The summed E-state index contributed by atoms with van der Waals surface area (Å²) in [5.41, 5.74) is 2.23. The number of benzene rings is 1. The highest BCUT2D eigenvalue weighted by atomic mass is 19.1. The van der Waals surface area contributed by atoms with E-state index in [-0.39, 0.29) is 12.5 Å². The van der Waals surface area contributed by atoms with Gasteiger partial charge < -0.3 is 25.5 Å². The van der Waals surface area contributed by atoms with Gasteiger partial charge in [0.05, 0.1) is 36.7 Å². The lowest BCUT2D eigenvalue weighted by molar-refractivity contribution is -0.110. The fourth-order valence-electron chi connectivity index (χ4n) is 2.71. The van der Waals surface area contributed by atoms with Gasteiger partial charge in [0.1, 0.15) is 11.6 Å². The number of hydrogen-bond acceptors (Lipinski definition) is 4. The number of methoxy groups -OCH3 is 1. The molecule has 0 bridgehead atoms. The quantitative estimate of drug-likeness (QED) is 0.496. The van der Waals surface area contributed by atoms with Crippen LogP contribution in [-0.2, 0) is 4.79 Å². The van der Waals surface area contributed by atoms with E-state index in [1.54, 1.807) is 25.4 Å². The lowest BCUT2D eigenvalue weighted by Crippen LogP contribution is -2.26. The largest absolute Gasteiger partial charge is 0.495 e. The Hall–Kier alpha value is -3.08. The Morgan fingerprint density at radius 2 is 2.27 bits per heavy atom. The van der Waals surface area contributed by atoms with Gasteiger partial charge in [0.25, 0.3) is 5.91 Å². The zero-order valence-electron chi connectivity index (χ0n) is 14.3. The summed E-state index contributed by atoms with van der Waals surface area (Å²) in [7, 11) is 3.20. The summed E-state index contributed by atoms with van der Waals surface area (Å²) in [6.45, 7) is -0.180. The number of aromatic nitrogens is 1. The molecule has 1 unspecified atom stereocenters. The van der Waals surface area contributed by atoms with Crippen molar-refractivity contribution in [2.45, 2.75) is 6.04 Å². The van der Waals surface area contributed by atoms with E-state index in [9.17, 15) is 14.3 Å². The maximum Gasteiger partial charge on any atom is 0.256 e. The van der Waals surface area contributed by atoms with Gasteiger partial charge in [-0.3, -0.25) is 4.79 Å². The Labute approximate surface area is 150 Å². The van der Waals surface area contributed by atoms with Crippen LogP contribution in [0.25, 0.3) is 11.6 Å². The Balaban J connectivity index is 2.13. The number of H-pyrrole nitrogens is 1. The Morgan fingerprint density at radius 3 is 2.96 bits per heavy atom. The monoisotopic (exact) mass is 355 g/mol. The molecule has 7 heteroatoms. The number of fused-ring (bicyclic) bond motifs is 1. The molecule has 0 radical (unpaired) electrons. The summed E-state index contributed by atoms with van der Waals surface area (Å²) in [4.78, 5) is 15.4. The molecule has 26 heavy (non-hydrogen) atoms. The van der Waals surface area contributed by atoms with E-state index in [4.69, 9.17) is 4.74 Å². The van der Waals surface area contributed by atoms with Crippen LogP contribution in [0.4, 0.5) is 10.1 Å². The topological polar surface area (TPSA) is 86.4 Å². The van der Waals surface area contributed by atoms with Crippen molar-refractivity contribution < 1.29 is 19.0 Å². The van der Waals surface area contributed by atoms with Crippen LogP contribution < -0.4 is 15.4 Å². The van der Waals surface area contributed by atoms with Crippen LogP contribution in [0.1, 0.15) is 16.8 Å². The summed E-state index contributed by atoms with van der Waals surface area (Å²) in [6.07, 6.45) is 3.34. The second kappa shape index (κ2) is 7.44. The van der Waals surface area contributed by atoms with E-state index in [2.05, 4.69) is 27.5 Å². The van der Waals surface area contributed by atoms with Gasteiger partial charge in [-0.2, -0.15) is 0 Å². The summed E-state index contributed by atoms with van der Waals surface area (Å²) in [6, 6.07) is 3.82. The van der Waals surface area contributed by atoms with Gasteiger partial charge in [0.2, 0.25) is 0 Å². The Kier molecular flexibility index (Phi) is 5.07. The number of ether oxygens (including phenoxy) is 1. The standard InChI is InChI=1S/C19H18FN3O3/c1-21-13(10-24)4-3-11-7-12(20)8-16-18(11)14(19(25)23-16)9-15-17(26-2)5-6-22-15/h5-9,13,21-22,24H,10H2,1-2H3,(H,23,25)/b14-9-. The molecular weight excluding hydrogens is 337 g/mol.